The van der Waals surface area contributed by atoms with Gasteiger partial charge in [0.25, 0.3) is 0 Å². The second-order valence-corrected chi connectivity index (χ2v) is 4.10. The normalized spacial score (nSPS) is 18.2. The molecule has 1 aromatic carbocycles. The number of Topliss-reactive ketones (excluding diaryl/α,β-unsaturated/α-hetero) is 2. The number of ketones is 2. The summed E-state index contributed by atoms with van der Waals surface area (Å²) in [4.78, 5) is 35.2. The van der Waals surface area contributed by atoms with Gasteiger partial charge < -0.3 is 10.0 Å². The molecule has 0 radical (unpaired) electrons. The summed E-state index contributed by atoms with van der Waals surface area (Å²) >= 11 is 0. The monoisotopic (exact) mass is 287 g/mol. The summed E-state index contributed by atoms with van der Waals surface area (Å²) in [5.74, 6) is -9.47. The molecule has 1 aliphatic heterocycles. The standard InChI is InChI=1S/C12H8F3NO4/c1-2-16-8-4(3-5(13)6(14)7(8)15)10(17)11(18)9(16)12(19)20/h3,9H,2H2,1H3,(H,19,20). The van der Waals surface area contributed by atoms with E-state index < -0.39 is 52.3 Å². The van der Waals surface area contributed by atoms with Gasteiger partial charge in [0.1, 0.15) is 0 Å². The lowest BCUT2D eigenvalue weighted by molar-refractivity contribution is -0.141. The zero-order valence-corrected chi connectivity index (χ0v) is 10.1. The van der Waals surface area contributed by atoms with E-state index >= 15 is 0 Å². The molecule has 8 heteroatoms. The van der Waals surface area contributed by atoms with Gasteiger partial charge in [-0.25, -0.2) is 18.0 Å². The second kappa shape index (κ2) is 4.62. The van der Waals surface area contributed by atoms with Crippen molar-refractivity contribution in [3.63, 3.8) is 0 Å². The molecule has 1 atom stereocenters. The molecule has 1 heterocycles. The third-order valence-corrected chi connectivity index (χ3v) is 3.03. The summed E-state index contributed by atoms with van der Waals surface area (Å²) in [6.45, 7) is 1.22. The van der Waals surface area contributed by atoms with Crippen LogP contribution in [0.25, 0.3) is 0 Å². The zero-order chi connectivity index (χ0) is 15.2. The molecule has 0 aromatic heterocycles. The molecule has 1 aromatic rings. The van der Waals surface area contributed by atoms with E-state index in [0.717, 1.165) is 4.90 Å². The van der Waals surface area contributed by atoms with Gasteiger partial charge in [-0.1, -0.05) is 0 Å². The molecule has 0 aliphatic carbocycles. The number of carboxylic acids is 1. The Morgan fingerprint density at radius 2 is 1.90 bits per heavy atom. The number of carbonyl (C=O) groups is 3. The van der Waals surface area contributed by atoms with E-state index in [1.807, 2.05) is 0 Å². The van der Waals surface area contributed by atoms with Crippen LogP contribution in [0.5, 0.6) is 0 Å². The van der Waals surface area contributed by atoms with Gasteiger partial charge in [-0.15, -0.1) is 0 Å². The van der Waals surface area contributed by atoms with Crippen LogP contribution in [-0.4, -0.2) is 35.2 Å². The average Bonchev–Trinajstić information content (AvgIpc) is 2.39. The van der Waals surface area contributed by atoms with Gasteiger partial charge in [-0.05, 0) is 13.0 Å². The summed E-state index contributed by atoms with van der Waals surface area (Å²) < 4.78 is 40.2. The van der Waals surface area contributed by atoms with Crippen LogP contribution in [0.2, 0.25) is 0 Å². The van der Waals surface area contributed by atoms with E-state index in [4.69, 9.17) is 5.11 Å². The Kier molecular flexibility index (Phi) is 3.24. The van der Waals surface area contributed by atoms with E-state index in [0.29, 0.717) is 6.07 Å². The summed E-state index contributed by atoms with van der Waals surface area (Å²) in [5, 5.41) is 8.96. The van der Waals surface area contributed by atoms with Crippen molar-refractivity contribution in [1.82, 2.24) is 0 Å². The number of fused-ring (bicyclic) bond motifs is 1. The number of halogens is 3. The number of carbonyl (C=O) groups excluding carboxylic acids is 2. The molecular weight excluding hydrogens is 279 g/mol. The fourth-order valence-corrected chi connectivity index (χ4v) is 2.15. The predicted octanol–water partition coefficient (Wildman–Crippen LogP) is 1.15. The quantitative estimate of drug-likeness (QED) is 0.502. The summed E-state index contributed by atoms with van der Waals surface area (Å²) in [6, 6.07) is -1.55. The molecule has 0 bridgehead atoms. The highest BCUT2D eigenvalue weighted by atomic mass is 19.2. The maximum atomic E-state index is 13.8. The third-order valence-electron chi connectivity index (χ3n) is 3.03. The van der Waals surface area contributed by atoms with E-state index in [9.17, 15) is 27.6 Å². The Morgan fingerprint density at radius 1 is 1.30 bits per heavy atom. The number of likely N-dealkylation sites (N-methyl/N-ethyl adjacent to an activating group) is 1. The zero-order valence-electron chi connectivity index (χ0n) is 10.1. The number of aliphatic carboxylic acids is 1. The van der Waals surface area contributed by atoms with E-state index in [1.54, 1.807) is 0 Å². The Hall–Kier alpha value is -2.38. The van der Waals surface area contributed by atoms with Crippen LogP contribution in [-0.2, 0) is 9.59 Å². The first-order valence-corrected chi connectivity index (χ1v) is 5.56. The van der Waals surface area contributed by atoms with E-state index in [2.05, 4.69) is 0 Å². The minimum Gasteiger partial charge on any atom is -0.479 e. The molecule has 0 saturated carbocycles. The molecule has 1 unspecified atom stereocenters. The molecule has 1 aliphatic rings. The van der Waals surface area contributed by atoms with Crippen molar-refractivity contribution in [2.45, 2.75) is 13.0 Å². The molecule has 0 spiro atoms. The summed E-state index contributed by atoms with van der Waals surface area (Å²) in [7, 11) is 0. The molecule has 1 N–H and O–H groups in total. The number of carboxylic acid groups (broad SMARTS) is 1. The lowest BCUT2D eigenvalue weighted by atomic mass is 9.92. The van der Waals surface area contributed by atoms with Gasteiger partial charge in [0, 0.05) is 6.54 Å². The number of nitrogens with zero attached hydrogens (tertiary/aromatic N) is 1. The third kappa shape index (κ3) is 1.75. The lowest BCUT2D eigenvalue weighted by Gasteiger charge is -2.33. The van der Waals surface area contributed by atoms with Crippen molar-refractivity contribution in [2.24, 2.45) is 0 Å². The molecule has 20 heavy (non-hydrogen) atoms. The first kappa shape index (κ1) is 14.0. The minimum absolute atomic E-state index is 0.176. The molecule has 0 saturated heterocycles. The van der Waals surface area contributed by atoms with Crippen LogP contribution >= 0.6 is 0 Å². The van der Waals surface area contributed by atoms with Gasteiger partial charge in [0.15, 0.2) is 23.5 Å². The second-order valence-electron chi connectivity index (χ2n) is 4.10. The lowest BCUT2D eigenvalue weighted by Crippen LogP contribution is -2.53. The topological polar surface area (TPSA) is 74.7 Å². The Balaban J connectivity index is 2.79. The number of anilines is 1. The van der Waals surface area contributed by atoms with Gasteiger partial charge in [-0.3, -0.25) is 9.59 Å². The molecule has 2 rings (SSSR count). The van der Waals surface area contributed by atoms with Crippen LogP contribution in [0, 0.1) is 17.5 Å². The Labute approximate surface area is 110 Å². The summed E-state index contributed by atoms with van der Waals surface area (Å²) in [5.41, 5.74) is -1.38. The molecule has 0 fully saturated rings. The van der Waals surface area contributed by atoms with Crippen LogP contribution < -0.4 is 4.90 Å². The van der Waals surface area contributed by atoms with Gasteiger partial charge >= 0.3 is 5.97 Å². The van der Waals surface area contributed by atoms with Gasteiger partial charge in [-0.2, -0.15) is 0 Å². The molecule has 5 nitrogen and oxygen atoms in total. The van der Waals surface area contributed by atoms with E-state index in [-0.39, 0.29) is 6.54 Å². The predicted molar refractivity (Wildman–Crippen MR) is 60.1 cm³/mol. The highest BCUT2D eigenvalue weighted by Crippen LogP contribution is 2.34. The van der Waals surface area contributed by atoms with Gasteiger partial charge in [0.2, 0.25) is 11.6 Å². The van der Waals surface area contributed by atoms with Crippen molar-refractivity contribution in [3.8, 4) is 0 Å². The van der Waals surface area contributed by atoms with Crippen molar-refractivity contribution >= 4 is 23.2 Å². The highest BCUT2D eigenvalue weighted by molar-refractivity contribution is 6.51. The van der Waals surface area contributed by atoms with Crippen molar-refractivity contribution in [3.05, 3.63) is 29.1 Å². The first-order valence-electron chi connectivity index (χ1n) is 5.56. The number of hydrogen-bond acceptors (Lipinski definition) is 4. The largest absolute Gasteiger partial charge is 0.479 e. The van der Waals surface area contributed by atoms with Crippen molar-refractivity contribution < 1.29 is 32.7 Å². The molecule has 0 amide bonds. The maximum Gasteiger partial charge on any atom is 0.334 e. The molecule has 106 valence electrons. The summed E-state index contributed by atoms with van der Waals surface area (Å²) in [6.07, 6.45) is 0. The van der Waals surface area contributed by atoms with Crippen LogP contribution in [0.4, 0.5) is 18.9 Å². The van der Waals surface area contributed by atoms with Gasteiger partial charge in [0.05, 0.1) is 11.3 Å². The highest BCUT2D eigenvalue weighted by Gasteiger charge is 2.45. The Bertz CT molecular complexity index is 644. The molecular formula is C12H8F3NO4. The Morgan fingerprint density at radius 3 is 2.40 bits per heavy atom. The number of hydrogen-bond donors (Lipinski definition) is 1. The van der Waals surface area contributed by atoms with E-state index in [1.165, 1.54) is 6.92 Å². The maximum absolute atomic E-state index is 13.8. The number of benzene rings is 1. The minimum atomic E-state index is -1.95. The fraction of sp³-hybridized carbons (Fsp3) is 0.250. The van der Waals surface area contributed by atoms with Crippen LogP contribution in [0.3, 0.4) is 0 Å². The number of rotatable bonds is 2. The van der Waals surface area contributed by atoms with Crippen molar-refractivity contribution in [1.29, 1.82) is 0 Å². The van der Waals surface area contributed by atoms with Crippen molar-refractivity contribution in [2.75, 3.05) is 11.4 Å². The first-order chi connectivity index (χ1) is 9.31. The average molecular weight is 287 g/mol. The van der Waals surface area contributed by atoms with Crippen LogP contribution in [0.1, 0.15) is 17.3 Å². The SMILES string of the molecule is CCN1c2c(cc(F)c(F)c2F)C(=O)C(=O)C1C(=O)O. The smallest absolute Gasteiger partial charge is 0.334 e. The van der Waals surface area contributed by atoms with Crippen LogP contribution in [0.15, 0.2) is 6.07 Å². The fourth-order valence-electron chi connectivity index (χ4n) is 2.15.